The third-order valence-corrected chi connectivity index (χ3v) is 2.83. The number of hydrogen-bond acceptors (Lipinski definition) is 1. The quantitative estimate of drug-likeness (QED) is 0.518. The SMILES string of the molecule is C1CC[C@H]2CCNC2C1. The van der Waals surface area contributed by atoms with E-state index < -0.39 is 0 Å². The van der Waals surface area contributed by atoms with Gasteiger partial charge in [0, 0.05) is 6.04 Å². The maximum Gasteiger partial charge on any atom is 0.00958 e. The van der Waals surface area contributed by atoms with Crippen molar-refractivity contribution in [2.45, 2.75) is 38.1 Å². The maximum atomic E-state index is 3.56. The van der Waals surface area contributed by atoms with E-state index in [0.29, 0.717) is 0 Å². The van der Waals surface area contributed by atoms with E-state index in [2.05, 4.69) is 5.32 Å². The van der Waals surface area contributed by atoms with Crippen LogP contribution < -0.4 is 5.32 Å². The molecule has 2 rings (SSSR count). The van der Waals surface area contributed by atoms with Crippen molar-refractivity contribution in [1.82, 2.24) is 5.32 Å². The highest BCUT2D eigenvalue weighted by Crippen LogP contribution is 2.29. The Kier molecular flexibility index (Phi) is 1.46. The number of hydrogen-bond donors (Lipinski definition) is 1. The Hall–Kier alpha value is -0.0400. The van der Waals surface area contributed by atoms with Gasteiger partial charge in [-0.3, -0.25) is 0 Å². The van der Waals surface area contributed by atoms with Crippen LogP contribution in [0.25, 0.3) is 0 Å². The Morgan fingerprint density at radius 3 is 2.78 bits per heavy atom. The lowest BCUT2D eigenvalue weighted by molar-refractivity contribution is 0.326. The van der Waals surface area contributed by atoms with Gasteiger partial charge in [-0.05, 0) is 31.7 Å². The highest BCUT2D eigenvalue weighted by Gasteiger charge is 2.28. The second-order valence-corrected chi connectivity index (χ2v) is 3.39. The van der Waals surface area contributed by atoms with Gasteiger partial charge in [0.1, 0.15) is 0 Å². The van der Waals surface area contributed by atoms with Gasteiger partial charge in [-0.15, -0.1) is 0 Å². The lowest BCUT2D eigenvalue weighted by Gasteiger charge is -2.24. The smallest absolute Gasteiger partial charge is 0.00958 e. The van der Waals surface area contributed by atoms with Gasteiger partial charge >= 0.3 is 0 Å². The topological polar surface area (TPSA) is 12.0 Å². The molecule has 0 radical (unpaired) electrons. The summed E-state index contributed by atoms with van der Waals surface area (Å²) in [5.41, 5.74) is 0. The first-order chi connectivity index (χ1) is 4.47. The standard InChI is InChI=1S/C8H15N/c1-2-4-8-7(3-1)5-6-9-8/h7-9H,1-6H2/t7-,8?/m0/s1. The summed E-state index contributed by atoms with van der Waals surface area (Å²) in [7, 11) is 0. The van der Waals surface area contributed by atoms with E-state index in [1.54, 1.807) is 0 Å². The number of nitrogens with one attached hydrogen (secondary N) is 1. The van der Waals surface area contributed by atoms with Crippen molar-refractivity contribution < 1.29 is 0 Å². The molecule has 0 aromatic heterocycles. The minimum Gasteiger partial charge on any atom is -0.314 e. The normalized spacial score (nSPS) is 42.7. The van der Waals surface area contributed by atoms with Crippen molar-refractivity contribution in [3.8, 4) is 0 Å². The van der Waals surface area contributed by atoms with Gasteiger partial charge in [0.15, 0.2) is 0 Å². The maximum absolute atomic E-state index is 3.56. The van der Waals surface area contributed by atoms with Gasteiger partial charge in [-0.1, -0.05) is 12.8 Å². The van der Waals surface area contributed by atoms with E-state index in [4.69, 9.17) is 0 Å². The fourth-order valence-corrected chi connectivity index (χ4v) is 2.28. The minimum atomic E-state index is 0.916. The highest BCUT2D eigenvalue weighted by molar-refractivity contribution is 4.86. The van der Waals surface area contributed by atoms with Gasteiger partial charge in [0.05, 0.1) is 0 Å². The molecule has 2 aliphatic rings. The lowest BCUT2D eigenvalue weighted by atomic mass is 9.86. The summed E-state index contributed by atoms with van der Waals surface area (Å²) >= 11 is 0. The average molecular weight is 125 g/mol. The molecule has 1 unspecified atom stereocenters. The molecule has 0 amide bonds. The van der Waals surface area contributed by atoms with E-state index in [0.717, 1.165) is 12.0 Å². The van der Waals surface area contributed by atoms with Gasteiger partial charge in [0.25, 0.3) is 0 Å². The molecule has 2 atom stereocenters. The highest BCUT2D eigenvalue weighted by atomic mass is 15.0. The van der Waals surface area contributed by atoms with Crippen LogP contribution in [0.5, 0.6) is 0 Å². The Balaban J connectivity index is 1.97. The van der Waals surface area contributed by atoms with Crippen LogP contribution in [0.3, 0.4) is 0 Å². The molecule has 1 saturated carbocycles. The van der Waals surface area contributed by atoms with Crippen LogP contribution >= 0.6 is 0 Å². The Morgan fingerprint density at radius 1 is 1.00 bits per heavy atom. The predicted octanol–water partition coefficient (Wildman–Crippen LogP) is 1.54. The first-order valence-corrected chi connectivity index (χ1v) is 4.20. The van der Waals surface area contributed by atoms with Crippen LogP contribution in [0, 0.1) is 5.92 Å². The first kappa shape index (κ1) is 5.72. The van der Waals surface area contributed by atoms with Gasteiger partial charge in [0.2, 0.25) is 0 Å². The van der Waals surface area contributed by atoms with Crippen molar-refractivity contribution in [3.05, 3.63) is 0 Å². The van der Waals surface area contributed by atoms with Crippen LogP contribution in [0.1, 0.15) is 32.1 Å². The van der Waals surface area contributed by atoms with E-state index in [1.807, 2.05) is 0 Å². The van der Waals surface area contributed by atoms with Crippen molar-refractivity contribution in [2.24, 2.45) is 5.92 Å². The van der Waals surface area contributed by atoms with E-state index in [1.165, 1.54) is 38.6 Å². The summed E-state index contributed by atoms with van der Waals surface area (Å²) in [5.74, 6) is 1.05. The van der Waals surface area contributed by atoms with Crippen LogP contribution in [-0.2, 0) is 0 Å². The molecule has 1 aliphatic heterocycles. The number of fused-ring (bicyclic) bond motifs is 1. The van der Waals surface area contributed by atoms with Crippen LogP contribution in [-0.4, -0.2) is 12.6 Å². The van der Waals surface area contributed by atoms with Crippen molar-refractivity contribution in [1.29, 1.82) is 0 Å². The van der Waals surface area contributed by atoms with Gasteiger partial charge in [-0.2, -0.15) is 0 Å². The largest absolute Gasteiger partial charge is 0.314 e. The Labute approximate surface area is 56.8 Å². The van der Waals surface area contributed by atoms with E-state index >= 15 is 0 Å². The molecule has 1 nitrogen and oxygen atoms in total. The second kappa shape index (κ2) is 2.30. The monoisotopic (exact) mass is 125 g/mol. The third kappa shape index (κ3) is 0.983. The third-order valence-electron chi connectivity index (χ3n) is 2.83. The molecule has 52 valence electrons. The van der Waals surface area contributed by atoms with Crippen molar-refractivity contribution >= 4 is 0 Å². The van der Waals surface area contributed by atoms with Crippen molar-refractivity contribution in [2.75, 3.05) is 6.54 Å². The lowest BCUT2D eigenvalue weighted by Crippen LogP contribution is -2.29. The van der Waals surface area contributed by atoms with E-state index in [-0.39, 0.29) is 0 Å². The molecular weight excluding hydrogens is 110 g/mol. The van der Waals surface area contributed by atoms with Gasteiger partial charge in [-0.25, -0.2) is 0 Å². The zero-order chi connectivity index (χ0) is 6.10. The molecule has 0 bridgehead atoms. The van der Waals surface area contributed by atoms with E-state index in [9.17, 15) is 0 Å². The van der Waals surface area contributed by atoms with Gasteiger partial charge < -0.3 is 5.32 Å². The molecule has 0 aromatic rings. The molecule has 1 N–H and O–H groups in total. The molecule has 1 saturated heterocycles. The molecular formula is C8H15N. The molecule has 0 spiro atoms. The molecule has 1 heterocycles. The Bertz CT molecular complexity index is 88.7. The molecule has 9 heavy (non-hydrogen) atoms. The zero-order valence-electron chi connectivity index (χ0n) is 5.90. The summed E-state index contributed by atoms with van der Waals surface area (Å²) < 4.78 is 0. The van der Waals surface area contributed by atoms with Crippen LogP contribution in [0.2, 0.25) is 0 Å². The fraction of sp³-hybridized carbons (Fsp3) is 1.00. The second-order valence-electron chi connectivity index (χ2n) is 3.39. The predicted molar refractivity (Wildman–Crippen MR) is 38.4 cm³/mol. The van der Waals surface area contributed by atoms with Crippen LogP contribution in [0.4, 0.5) is 0 Å². The first-order valence-electron chi connectivity index (χ1n) is 4.20. The Morgan fingerprint density at radius 2 is 1.89 bits per heavy atom. The molecule has 1 aliphatic carbocycles. The van der Waals surface area contributed by atoms with Crippen LogP contribution in [0.15, 0.2) is 0 Å². The summed E-state index contributed by atoms with van der Waals surface area (Å²) in [6.07, 6.45) is 7.35. The fourth-order valence-electron chi connectivity index (χ4n) is 2.28. The summed E-state index contributed by atoms with van der Waals surface area (Å²) in [6, 6.07) is 0.916. The molecule has 0 aromatic carbocycles. The molecule has 2 fully saturated rings. The summed E-state index contributed by atoms with van der Waals surface area (Å²) in [6.45, 7) is 1.29. The van der Waals surface area contributed by atoms with Crippen molar-refractivity contribution in [3.63, 3.8) is 0 Å². The molecule has 1 heteroatoms. The minimum absolute atomic E-state index is 0.916. The zero-order valence-corrected chi connectivity index (χ0v) is 5.90. The number of rotatable bonds is 0. The average Bonchev–Trinajstić information content (AvgIpc) is 2.33. The summed E-state index contributed by atoms with van der Waals surface area (Å²) in [4.78, 5) is 0. The summed E-state index contributed by atoms with van der Waals surface area (Å²) in [5, 5.41) is 3.56.